The Morgan fingerprint density at radius 3 is 2.33 bits per heavy atom. The van der Waals surface area contributed by atoms with Gasteiger partial charge in [0.15, 0.2) is 0 Å². The number of rotatable bonds is 5. The summed E-state index contributed by atoms with van der Waals surface area (Å²) in [5, 5.41) is 2.47. The van der Waals surface area contributed by atoms with Gasteiger partial charge in [0.25, 0.3) is 5.91 Å². The van der Waals surface area contributed by atoms with E-state index in [9.17, 15) is 9.70 Å². The molecule has 0 aliphatic carbocycles. The lowest BCUT2D eigenvalue weighted by Gasteiger charge is -2.16. The summed E-state index contributed by atoms with van der Waals surface area (Å²) in [4.78, 5) is 21.0. The van der Waals surface area contributed by atoms with Gasteiger partial charge in [-0.15, -0.1) is 4.91 Å². The van der Waals surface area contributed by atoms with Crippen LogP contribution in [0, 0.1) is 16.7 Å². The van der Waals surface area contributed by atoms with Crippen LogP contribution in [0.4, 0.5) is 0 Å². The normalized spacial score (nSPS) is 15.2. The van der Waals surface area contributed by atoms with E-state index in [1.807, 2.05) is 13.8 Å². The number of carbonyl (C=O) groups is 1. The van der Waals surface area contributed by atoms with Crippen molar-refractivity contribution < 1.29 is 4.79 Å². The lowest BCUT2D eigenvalue weighted by Crippen LogP contribution is -2.19. The molecule has 0 saturated carbocycles. The largest absolute Gasteiger partial charge is 0.289 e. The molecule has 2 unspecified atom stereocenters. The van der Waals surface area contributed by atoms with Crippen LogP contribution in [-0.2, 0) is 4.79 Å². The van der Waals surface area contributed by atoms with Crippen molar-refractivity contribution in [1.29, 1.82) is 0 Å². The van der Waals surface area contributed by atoms with Crippen LogP contribution in [0.1, 0.15) is 40.0 Å². The Hall–Kier alpha value is -0.730. The maximum atomic E-state index is 11.0. The molecule has 70 valence electrons. The molecule has 0 aliphatic heterocycles. The molecule has 3 nitrogen and oxygen atoms in total. The Balaban J connectivity index is 4.12. The first-order valence-corrected chi connectivity index (χ1v) is 4.54. The molecule has 1 amide bonds. The van der Waals surface area contributed by atoms with Gasteiger partial charge in [-0.05, 0) is 12.3 Å². The Morgan fingerprint density at radius 2 is 2.00 bits per heavy atom. The number of nitrogens with zero attached hydrogens (tertiary/aromatic N) is 1. The van der Waals surface area contributed by atoms with Gasteiger partial charge in [0, 0.05) is 11.1 Å². The molecule has 0 fully saturated rings. The first-order valence-electron chi connectivity index (χ1n) is 4.54. The van der Waals surface area contributed by atoms with Crippen LogP contribution < -0.4 is 0 Å². The minimum absolute atomic E-state index is 0.164. The molecule has 0 aromatic carbocycles. The van der Waals surface area contributed by atoms with Crippen LogP contribution in [-0.4, -0.2) is 5.91 Å². The predicted molar refractivity (Wildman–Crippen MR) is 48.7 cm³/mol. The highest BCUT2D eigenvalue weighted by atomic mass is 16.3. The van der Waals surface area contributed by atoms with E-state index in [0.717, 1.165) is 12.8 Å². The summed E-state index contributed by atoms with van der Waals surface area (Å²) < 4.78 is 0. The number of hydrogen-bond donors (Lipinski definition) is 0. The third-order valence-corrected chi connectivity index (χ3v) is 2.28. The Morgan fingerprint density at radius 1 is 1.42 bits per heavy atom. The molecule has 0 aromatic rings. The number of hydrogen-bond acceptors (Lipinski definition) is 2. The molecule has 0 rings (SSSR count). The van der Waals surface area contributed by atoms with Crippen molar-refractivity contribution in [2.45, 2.75) is 40.0 Å². The fraction of sp³-hybridized carbons (Fsp3) is 0.889. The van der Waals surface area contributed by atoms with E-state index in [1.54, 1.807) is 0 Å². The topological polar surface area (TPSA) is 46.5 Å². The second-order valence-corrected chi connectivity index (χ2v) is 3.21. The van der Waals surface area contributed by atoms with Crippen molar-refractivity contribution >= 4 is 5.91 Å². The van der Waals surface area contributed by atoms with Crippen molar-refractivity contribution in [2.75, 3.05) is 0 Å². The molecule has 0 spiro atoms. The minimum atomic E-state index is -0.488. The van der Waals surface area contributed by atoms with Gasteiger partial charge in [-0.1, -0.05) is 33.6 Å². The first-order chi connectivity index (χ1) is 5.67. The standard InChI is InChI=1S/C9H17NO2/c1-4-6-7(3)8(5-2)9(11)10-12/h7-8H,4-6H2,1-3H3. The molecule has 0 saturated heterocycles. The molecule has 0 N–H and O–H groups in total. The van der Waals surface area contributed by atoms with Crippen LogP contribution >= 0.6 is 0 Å². The monoisotopic (exact) mass is 171 g/mol. The SMILES string of the molecule is CCCC(C)C(CC)C(=O)N=O. The van der Waals surface area contributed by atoms with Gasteiger partial charge in [0.05, 0.1) is 0 Å². The van der Waals surface area contributed by atoms with Gasteiger partial charge >= 0.3 is 0 Å². The number of amides is 1. The summed E-state index contributed by atoms with van der Waals surface area (Å²) in [6, 6.07) is 0. The maximum absolute atomic E-state index is 11.0. The number of nitroso groups, excluding NO2 is 1. The van der Waals surface area contributed by atoms with Gasteiger partial charge in [-0.25, -0.2) is 0 Å². The molecule has 0 aromatic heterocycles. The highest BCUT2D eigenvalue weighted by Gasteiger charge is 2.22. The van der Waals surface area contributed by atoms with E-state index in [-0.39, 0.29) is 11.8 Å². The molecule has 0 radical (unpaired) electrons. The van der Waals surface area contributed by atoms with Crippen molar-refractivity contribution in [2.24, 2.45) is 17.0 Å². The van der Waals surface area contributed by atoms with Crippen LogP contribution in [0.3, 0.4) is 0 Å². The molecule has 3 heteroatoms. The third-order valence-electron chi connectivity index (χ3n) is 2.28. The smallest absolute Gasteiger partial charge is 0.269 e. The summed E-state index contributed by atoms with van der Waals surface area (Å²) in [6.07, 6.45) is 2.75. The highest BCUT2D eigenvalue weighted by Crippen LogP contribution is 2.21. The van der Waals surface area contributed by atoms with Crippen LogP contribution in [0.5, 0.6) is 0 Å². The van der Waals surface area contributed by atoms with Gasteiger partial charge in [0.2, 0.25) is 0 Å². The van der Waals surface area contributed by atoms with Gasteiger partial charge < -0.3 is 0 Å². The second-order valence-electron chi connectivity index (χ2n) is 3.21. The summed E-state index contributed by atoms with van der Waals surface area (Å²) in [7, 11) is 0. The average molecular weight is 171 g/mol. The van der Waals surface area contributed by atoms with Crippen molar-refractivity contribution in [3.63, 3.8) is 0 Å². The van der Waals surface area contributed by atoms with E-state index < -0.39 is 5.91 Å². The molecule has 0 aliphatic rings. The lowest BCUT2D eigenvalue weighted by atomic mass is 9.88. The summed E-state index contributed by atoms with van der Waals surface area (Å²) >= 11 is 0. The Labute approximate surface area is 73.5 Å². The zero-order valence-electron chi connectivity index (χ0n) is 8.04. The average Bonchev–Trinajstić information content (AvgIpc) is 2.06. The lowest BCUT2D eigenvalue weighted by molar-refractivity contribution is -0.123. The van der Waals surface area contributed by atoms with E-state index in [4.69, 9.17) is 0 Å². The van der Waals surface area contributed by atoms with Crippen molar-refractivity contribution in [3.8, 4) is 0 Å². The van der Waals surface area contributed by atoms with Gasteiger partial charge in [-0.2, -0.15) is 0 Å². The zero-order valence-corrected chi connectivity index (χ0v) is 8.04. The molecular weight excluding hydrogens is 154 g/mol. The zero-order chi connectivity index (χ0) is 9.56. The fourth-order valence-corrected chi connectivity index (χ4v) is 1.54. The quantitative estimate of drug-likeness (QED) is 0.597. The number of carbonyl (C=O) groups excluding carboxylic acids is 1. The third kappa shape index (κ3) is 3.11. The summed E-state index contributed by atoms with van der Waals surface area (Å²) in [5.41, 5.74) is 0. The maximum Gasteiger partial charge on any atom is 0.289 e. The Kier molecular flexibility index (Phi) is 5.51. The summed E-state index contributed by atoms with van der Waals surface area (Å²) in [5.74, 6) is -0.369. The fourth-order valence-electron chi connectivity index (χ4n) is 1.54. The second kappa shape index (κ2) is 5.86. The van der Waals surface area contributed by atoms with E-state index >= 15 is 0 Å². The van der Waals surface area contributed by atoms with Crippen molar-refractivity contribution in [1.82, 2.24) is 0 Å². The molecule has 0 bridgehead atoms. The molecule has 12 heavy (non-hydrogen) atoms. The highest BCUT2D eigenvalue weighted by molar-refractivity contribution is 5.79. The summed E-state index contributed by atoms with van der Waals surface area (Å²) in [6.45, 7) is 5.99. The van der Waals surface area contributed by atoms with E-state index in [0.29, 0.717) is 6.42 Å². The van der Waals surface area contributed by atoms with Gasteiger partial charge in [0.1, 0.15) is 0 Å². The van der Waals surface area contributed by atoms with E-state index in [2.05, 4.69) is 12.1 Å². The minimum Gasteiger partial charge on any atom is -0.269 e. The van der Waals surface area contributed by atoms with Crippen molar-refractivity contribution in [3.05, 3.63) is 4.91 Å². The Bertz CT molecular complexity index is 157. The predicted octanol–water partition coefficient (Wildman–Crippen LogP) is 2.74. The van der Waals surface area contributed by atoms with E-state index in [1.165, 1.54) is 0 Å². The van der Waals surface area contributed by atoms with Crippen LogP contribution in [0.15, 0.2) is 5.18 Å². The van der Waals surface area contributed by atoms with Crippen LogP contribution in [0.25, 0.3) is 0 Å². The van der Waals surface area contributed by atoms with Gasteiger partial charge in [-0.3, -0.25) is 4.79 Å². The van der Waals surface area contributed by atoms with Crippen LogP contribution in [0.2, 0.25) is 0 Å². The molecule has 2 atom stereocenters. The molecule has 0 heterocycles. The molecular formula is C9H17NO2. The first kappa shape index (κ1) is 11.3.